The van der Waals surface area contributed by atoms with Crippen LogP contribution in [0.15, 0.2) is 30.3 Å². The highest BCUT2D eigenvalue weighted by atomic mass is 16.5. The Kier molecular flexibility index (Phi) is 4.94. The molecule has 26 heavy (non-hydrogen) atoms. The van der Waals surface area contributed by atoms with E-state index in [2.05, 4.69) is 20.4 Å². The number of hydrogen-bond donors (Lipinski definition) is 1. The fraction of sp³-hybridized carbons (Fsp3) is 0.556. The first-order valence-corrected chi connectivity index (χ1v) is 9.18. The molecule has 1 aromatic carbocycles. The Morgan fingerprint density at radius 2 is 1.96 bits per heavy atom. The Labute approximate surface area is 152 Å². The van der Waals surface area contributed by atoms with E-state index in [-0.39, 0.29) is 17.9 Å². The van der Waals surface area contributed by atoms with Crippen molar-refractivity contribution in [1.29, 1.82) is 0 Å². The number of nitrogens with zero attached hydrogens (tertiary/aromatic N) is 5. The van der Waals surface area contributed by atoms with Crippen LogP contribution in [-0.4, -0.2) is 56.8 Å². The summed E-state index contributed by atoms with van der Waals surface area (Å²) in [6.07, 6.45) is 2.75. The van der Waals surface area contributed by atoms with E-state index < -0.39 is 0 Å². The average Bonchev–Trinajstić information content (AvgIpc) is 3.32. The molecule has 138 valence electrons. The lowest BCUT2D eigenvalue weighted by atomic mass is 9.84. The van der Waals surface area contributed by atoms with Gasteiger partial charge < -0.3 is 10.5 Å². The van der Waals surface area contributed by atoms with Crippen molar-refractivity contribution < 1.29 is 9.53 Å². The lowest BCUT2D eigenvalue weighted by Gasteiger charge is -2.35. The van der Waals surface area contributed by atoms with Gasteiger partial charge in [0, 0.05) is 6.61 Å². The number of amides is 1. The molecule has 0 bridgehead atoms. The Bertz CT molecular complexity index is 741. The van der Waals surface area contributed by atoms with Gasteiger partial charge in [0.15, 0.2) is 5.82 Å². The summed E-state index contributed by atoms with van der Waals surface area (Å²) < 4.78 is 7.62. The molecule has 2 aromatic rings. The number of hydrogen-bond acceptors (Lipinski definition) is 6. The summed E-state index contributed by atoms with van der Waals surface area (Å²) in [4.78, 5) is 14.0. The molecule has 2 aliphatic rings. The van der Waals surface area contributed by atoms with Crippen molar-refractivity contribution >= 4 is 5.91 Å². The van der Waals surface area contributed by atoms with Crippen molar-refractivity contribution in [2.75, 3.05) is 19.7 Å². The number of carbonyl (C=O) groups excluding carboxylic acids is 1. The summed E-state index contributed by atoms with van der Waals surface area (Å²) in [5, 5.41) is 12.1. The fourth-order valence-electron chi connectivity index (χ4n) is 4.09. The molecule has 2 N–H and O–H groups in total. The summed E-state index contributed by atoms with van der Waals surface area (Å²) in [5.74, 6) is 0.882. The van der Waals surface area contributed by atoms with Crippen molar-refractivity contribution in [3.8, 4) is 5.69 Å². The molecule has 2 saturated heterocycles. The number of para-hydroxylation sites is 1. The lowest BCUT2D eigenvalue weighted by molar-refractivity contribution is -0.124. The first-order chi connectivity index (χ1) is 12.7. The maximum Gasteiger partial charge on any atom is 0.223 e. The van der Waals surface area contributed by atoms with Gasteiger partial charge in [0.2, 0.25) is 5.91 Å². The van der Waals surface area contributed by atoms with Gasteiger partial charge in [-0.15, -0.1) is 5.10 Å². The van der Waals surface area contributed by atoms with Crippen molar-refractivity contribution in [3.05, 3.63) is 36.2 Å². The zero-order valence-corrected chi connectivity index (χ0v) is 14.7. The summed E-state index contributed by atoms with van der Waals surface area (Å²) >= 11 is 0. The molecule has 0 saturated carbocycles. The van der Waals surface area contributed by atoms with Gasteiger partial charge in [-0.1, -0.05) is 18.2 Å². The van der Waals surface area contributed by atoms with Gasteiger partial charge in [-0.3, -0.25) is 9.69 Å². The first-order valence-electron chi connectivity index (χ1n) is 9.18. The summed E-state index contributed by atoms with van der Waals surface area (Å²) in [5.41, 5.74) is 6.49. The van der Waals surface area contributed by atoms with Gasteiger partial charge in [0.25, 0.3) is 0 Å². The number of nitrogens with two attached hydrogens (primary N) is 1. The highest BCUT2D eigenvalue weighted by Crippen LogP contribution is 2.33. The molecule has 0 radical (unpaired) electrons. The normalized spacial score (nSPS) is 24.8. The summed E-state index contributed by atoms with van der Waals surface area (Å²) in [6.45, 7) is 3.24. The number of rotatable bonds is 5. The van der Waals surface area contributed by atoms with Crippen LogP contribution in [0.3, 0.4) is 0 Å². The van der Waals surface area contributed by atoms with E-state index in [4.69, 9.17) is 10.5 Å². The third kappa shape index (κ3) is 3.47. The summed E-state index contributed by atoms with van der Waals surface area (Å²) in [6, 6.07) is 9.91. The van der Waals surface area contributed by atoms with Crippen molar-refractivity contribution in [3.63, 3.8) is 0 Å². The van der Waals surface area contributed by atoms with Gasteiger partial charge in [0.05, 0.1) is 24.3 Å². The van der Waals surface area contributed by atoms with Crippen LogP contribution >= 0.6 is 0 Å². The van der Waals surface area contributed by atoms with Crippen LogP contribution < -0.4 is 5.73 Å². The number of benzene rings is 1. The molecule has 2 fully saturated rings. The van der Waals surface area contributed by atoms with Gasteiger partial charge >= 0.3 is 0 Å². The minimum atomic E-state index is -0.225. The van der Waals surface area contributed by atoms with Crippen molar-refractivity contribution in [2.45, 2.75) is 31.9 Å². The number of piperidine rings is 1. The quantitative estimate of drug-likeness (QED) is 0.849. The predicted molar refractivity (Wildman–Crippen MR) is 94.2 cm³/mol. The van der Waals surface area contributed by atoms with E-state index in [9.17, 15) is 4.79 Å². The van der Waals surface area contributed by atoms with Gasteiger partial charge in [-0.25, -0.2) is 0 Å². The van der Waals surface area contributed by atoms with Crippen LogP contribution in [0.4, 0.5) is 0 Å². The third-order valence-electron chi connectivity index (χ3n) is 5.50. The van der Waals surface area contributed by atoms with E-state index >= 15 is 0 Å². The molecule has 1 amide bonds. The second-order valence-electron chi connectivity index (χ2n) is 7.09. The monoisotopic (exact) mass is 356 g/mol. The van der Waals surface area contributed by atoms with Crippen LogP contribution in [-0.2, 0) is 16.1 Å². The standard InChI is InChI=1S/C18H24N6O2/c19-18(25)15-8-11-26-17(15)13-6-9-23(10-7-13)12-16-20-21-22-24(16)14-4-2-1-3-5-14/h1-5,13,15,17H,6-12H2,(H2,19,25)/t15-,17+/m0/s1. The largest absolute Gasteiger partial charge is 0.377 e. The topological polar surface area (TPSA) is 99.2 Å². The molecule has 0 unspecified atom stereocenters. The molecular weight excluding hydrogens is 332 g/mol. The first kappa shape index (κ1) is 17.1. The molecule has 8 nitrogen and oxygen atoms in total. The van der Waals surface area contributed by atoms with Crippen molar-refractivity contribution in [2.24, 2.45) is 17.6 Å². The zero-order valence-electron chi connectivity index (χ0n) is 14.7. The number of likely N-dealkylation sites (tertiary alicyclic amines) is 1. The predicted octanol–water partition coefficient (Wildman–Crippen LogP) is 0.765. The van der Waals surface area contributed by atoms with E-state index in [0.29, 0.717) is 19.1 Å². The SMILES string of the molecule is NC(=O)[C@H]1CCO[C@@H]1C1CCN(Cc2nnnn2-c2ccccc2)CC1. The second-order valence-corrected chi connectivity index (χ2v) is 7.09. The van der Waals surface area contributed by atoms with Crippen LogP contribution in [0.1, 0.15) is 25.1 Å². The Morgan fingerprint density at radius 3 is 2.69 bits per heavy atom. The van der Waals surface area contributed by atoms with Gasteiger partial charge in [-0.2, -0.15) is 4.68 Å². The van der Waals surface area contributed by atoms with Crippen LogP contribution in [0.25, 0.3) is 5.69 Å². The van der Waals surface area contributed by atoms with Crippen LogP contribution in [0.2, 0.25) is 0 Å². The molecule has 4 rings (SSSR count). The number of ether oxygens (including phenoxy) is 1. The number of primary amides is 1. The fourth-order valence-corrected chi connectivity index (χ4v) is 4.09. The molecule has 3 heterocycles. The number of tetrazole rings is 1. The Morgan fingerprint density at radius 1 is 1.19 bits per heavy atom. The molecule has 1 aromatic heterocycles. The Hall–Kier alpha value is -2.32. The third-order valence-corrected chi connectivity index (χ3v) is 5.50. The average molecular weight is 356 g/mol. The van der Waals surface area contributed by atoms with Crippen LogP contribution in [0, 0.1) is 11.8 Å². The van der Waals surface area contributed by atoms with E-state index in [1.807, 2.05) is 30.3 Å². The van der Waals surface area contributed by atoms with E-state index in [1.165, 1.54) is 0 Å². The van der Waals surface area contributed by atoms with E-state index in [1.54, 1.807) is 4.68 Å². The molecule has 8 heteroatoms. The maximum absolute atomic E-state index is 11.6. The lowest BCUT2D eigenvalue weighted by Crippen LogP contribution is -2.42. The van der Waals surface area contributed by atoms with Crippen molar-refractivity contribution in [1.82, 2.24) is 25.1 Å². The maximum atomic E-state index is 11.6. The Balaban J connectivity index is 1.37. The molecular formula is C18H24N6O2. The van der Waals surface area contributed by atoms with Gasteiger partial charge in [0.1, 0.15) is 0 Å². The molecule has 2 atom stereocenters. The van der Waals surface area contributed by atoms with E-state index in [0.717, 1.165) is 43.9 Å². The highest BCUT2D eigenvalue weighted by molar-refractivity contribution is 5.77. The smallest absolute Gasteiger partial charge is 0.223 e. The number of aromatic nitrogens is 4. The summed E-state index contributed by atoms with van der Waals surface area (Å²) in [7, 11) is 0. The minimum Gasteiger partial charge on any atom is -0.377 e. The number of carbonyl (C=O) groups is 1. The highest BCUT2D eigenvalue weighted by Gasteiger charge is 2.39. The molecule has 0 aliphatic carbocycles. The van der Waals surface area contributed by atoms with Crippen LogP contribution in [0.5, 0.6) is 0 Å². The minimum absolute atomic E-state index is 0.00992. The molecule has 0 spiro atoms. The van der Waals surface area contributed by atoms with Gasteiger partial charge in [-0.05, 0) is 60.8 Å². The zero-order chi connectivity index (χ0) is 17.9. The molecule has 2 aliphatic heterocycles. The second kappa shape index (κ2) is 7.51.